The molecule has 0 bridgehead atoms. The number of hydrogen-bond acceptors (Lipinski definition) is 3. The maximum absolute atomic E-state index is 13.0. The van der Waals surface area contributed by atoms with Crippen LogP contribution in [0.5, 0.6) is 0 Å². The highest BCUT2D eigenvalue weighted by atomic mass is 19.4. The molecule has 1 amide bonds. The fourth-order valence-electron chi connectivity index (χ4n) is 2.75. The Hall–Kier alpha value is -2.52. The molecule has 1 aliphatic rings. The molecule has 3 rings (SSSR count). The fraction of sp³-hybridized carbons (Fsp3) is 0.400. The second kappa shape index (κ2) is 6.08. The summed E-state index contributed by atoms with van der Waals surface area (Å²) in [6.07, 6.45) is -6.10. The highest BCUT2D eigenvalue weighted by molar-refractivity contribution is 5.95. The number of alkyl halides is 5. The van der Waals surface area contributed by atoms with Crippen molar-refractivity contribution in [3.05, 3.63) is 46.5 Å². The molecule has 0 saturated carbocycles. The minimum atomic E-state index is -4.54. The molecule has 25 heavy (non-hydrogen) atoms. The molecule has 0 fully saturated rings. The van der Waals surface area contributed by atoms with Crippen LogP contribution < -0.4 is 0 Å². The lowest BCUT2D eigenvalue weighted by Crippen LogP contribution is -2.37. The lowest BCUT2D eigenvalue weighted by molar-refractivity contribution is -0.141. The molecule has 0 aromatic carbocycles. The van der Waals surface area contributed by atoms with Gasteiger partial charge in [0.2, 0.25) is 0 Å². The Bertz CT molecular complexity index is 815. The van der Waals surface area contributed by atoms with E-state index in [1.54, 1.807) is 0 Å². The predicted octanol–water partition coefficient (Wildman–Crippen LogP) is 2.97. The molecule has 2 aromatic heterocycles. The van der Waals surface area contributed by atoms with Gasteiger partial charge in [0, 0.05) is 38.4 Å². The third kappa shape index (κ3) is 3.33. The topological polar surface area (TPSA) is 51.0 Å². The van der Waals surface area contributed by atoms with Gasteiger partial charge in [-0.1, -0.05) is 6.07 Å². The van der Waals surface area contributed by atoms with Crippen LogP contribution in [0, 0.1) is 0 Å². The standard InChI is InChI=1S/C15H13F5N4O/c1-23-7-9(12(22-23)13(16)17)14(25)24-5-4-10-8(6-24)2-3-11(21-10)15(18,19)20/h2-3,7,13H,4-6H2,1H3. The summed E-state index contributed by atoms with van der Waals surface area (Å²) in [6.45, 7) is 0.106. The number of fused-ring (bicyclic) bond motifs is 1. The van der Waals surface area contributed by atoms with Crippen molar-refractivity contribution >= 4 is 5.91 Å². The van der Waals surface area contributed by atoms with Crippen molar-refractivity contribution < 1.29 is 26.7 Å². The molecular weight excluding hydrogens is 347 g/mol. The van der Waals surface area contributed by atoms with Gasteiger partial charge in [0.15, 0.2) is 0 Å². The van der Waals surface area contributed by atoms with Gasteiger partial charge in [0.25, 0.3) is 12.3 Å². The summed E-state index contributed by atoms with van der Waals surface area (Å²) in [5.41, 5.74) is -1.07. The van der Waals surface area contributed by atoms with Crippen molar-refractivity contribution in [3.63, 3.8) is 0 Å². The van der Waals surface area contributed by atoms with E-state index in [2.05, 4.69) is 10.1 Å². The SMILES string of the molecule is Cn1cc(C(=O)N2CCc3nc(C(F)(F)F)ccc3C2)c(C(F)F)n1. The van der Waals surface area contributed by atoms with Crippen molar-refractivity contribution in [2.45, 2.75) is 25.6 Å². The Labute approximate surface area is 139 Å². The van der Waals surface area contributed by atoms with E-state index < -0.39 is 29.9 Å². The van der Waals surface area contributed by atoms with E-state index in [4.69, 9.17) is 0 Å². The zero-order chi connectivity index (χ0) is 18.4. The number of amides is 1. The number of pyridine rings is 1. The summed E-state index contributed by atoms with van der Waals surface area (Å²) in [7, 11) is 1.43. The molecule has 0 saturated heterocycles. The maximum Gasteiger partial charge on any atom is 0.433 e. The molecular formula is C15H13F5N4O. The van der Waals surface area contributed by atoms with Crippen molar-refractivity contribution in [2.24, 2.45) is 7.05 Å². The molecule has 0 atom stereocenters. The summed E-state index contributed by atoms with van der Waals surface area (Å²) < 4.78 is 65.2. The largest absolute Gasteiger partial charge is 0.433 e. The van der Waals surface area contributed by atoms with E-state index in [9.17, 15) is 26.7 Å². The summed E-state index contributed by atoms with van der Waals surface area (Å²) in [5, 5.41) is 3.59. The zero-order valence-electron chi connectivity index (χ0n) is 13.0. The number of halogens is 5. The van der Waals surface area contributed by atoms with Crippen LogP contribution in [0.15, 0.2) is 18.3 Å². The van der Waals surface area contributed by atoms with Crippen LogP contribution >= 0.6 is 0 Å². The van der Waals surface area contributed by atoms with Gasteiger partial charge < -0.3 is 4.90 Å². The van der Waals surface area contributed by atoms with E-state index >= 15 is 0 Å². The van der Waals surface area contributed by atoms with E-state index in [1.807, 2.05) is 0 Å². The number of nitrogens with zero attached hydrogens (tertiary/aromatic N) is 4. The van der Waals surface area contributed by atoms with E-state index in [0.717, 1.165) is 10.7 Å². The molecule has 10 heteroatoms. The molecule has 0 radical (unpaired) electrons. The normalized spacial score (nSPS) is 14.8. The number of aryl methyl sites for hydroxylation is 1. The Morgan fingerprint density at radius 1 is 1.28 bits per heavy atom. The minimum Gasteiger partial charge on any atom is -0.334 e. The molecule has 0 spiro atoms. The monoisotopic (exact) mass is 360 g/mol. The van der Waals surface area contributed by atoms with Crippen LogP contribution in [0.3, 0.4) is 0 Å². The Kier molecular flexibility index (Phi) is 4.21. The van der Waals surface area contributed by atoms with Gasteiger partial charge in [-0.3, -0.25) is 9.48 Å². The molecule has 2 aromatic rings. The molecule has 5 nitrogen and oxygen atoms in total. The Balaban J connectivity index is 1.85. The first-order valence-corrected chi connectivity index (χ1v) is 7.33. The number of rotatable bonds is 2. The number of hydrogen-bond donors (Lipinski definition) is 0. The highest BCUT2D eigenvalue weighted by Gasteiger charge is 2.34. The van der Waals surface area contributed by atoms with Crippen molar-refractivity contribution in [1.82, 2.24) is 19.7 Å². The lowest BCUT2D eigenvalue weighted by Gasteiger charge is -2.28. The predicted molar refractivity (Wildman–Crippen MR) is 75.8 cm³/mol. The van der Waals surface area contributed by atoms with Crippen LogP contribution in [0.25, 0.3) is 0 Å². The van der Waals surface area contributed by atoms with Gasteiger partial charge in [-0.05, 0) is 11.6 Å². The van der Waals surface area contributed by atoms with Crippen molar-refractivity contribution in [1.29, 1.82) is 0 Å². The molecule has 0 aliphatic carbocycles. The van der Waals surface area contributed by atoms with Gasteiger partial charge in [-0.25, -0.2) is 13.8 Å². The van der Waals surface area contributed by atoms with Gasteiger partial charge in [-0.15, -0.1) is 0 Å². The molecule has 1 aliphatic heterocycles. The van der Waals surface area contributed by atoms with Gasteiger partial charge >= 0.3 is 6.18 Å². The summed E-state index contributed by atoms with van der Waals surface area (Å²) in [4.78, 5) is 17.4. The van der Waals surface area contributed by atoms with Crippen molar-refractivity contribution in [2.75, 3.05) is 6.54 Å². The van der Waals surface area contributed by atoms with Crippen LogP contribution in [0.4, 0.5) is 22.0 Å². The maximum atomic E-state index is 13.0. The number of carbonyl (C=O) groups excluding carboxylic acids is 1. The molecule has 3 heterocycles. The molecule has 134 valence electrons. The third-order valence-corrected chi connectivity index (χ3v) is 3.92. The molecule has 0 unspecified atom stereocenters. The average molecular weight is 360 g/mol. The van der Waals surface area contributed by atoms with E-state index in [0.29, 0.717) is 5.56 Å². The summed E-state index contributed by atoms with van der Waals surface area (Å²) >= 11 is 0. The fourth-order valence-corrected chi connectivity index (χ4v) is 2.75. The second-order valence-corrected chi connectivity index (χ2v) is 5.68. The second-order valence-electron chi connectivity index (χ2n) is 5.68. The highest BCUT2D eigenvalue weighted by Crippen LogP contribution is 2.30. The summed E-state index contributed by atoms with van der Waals surface area (Å²) in [6, 6.07) is 2.11. The quantitative estimate of drug-likeness (QED) is 0.774. The van der Waals surface area contributed by atoms with Crippen molar-refractivity contribution in [3.8, 4) is 0 Å². The van der Waals surface area contributed by atoms with Crippen LogP contribution in [-0.2, 0) is 26.2 Å². The van der Waals surface area contributed by atoms with Gasteiger partial charge in [-0.2, -0.15) is 18.3 Å². The van der Waals surface area contributed by atoms with Crippen LogP contribution in [0.2, 0.25) is 0 Å². The molecule has 0 N–H and O–H groups in total. The number of aromatic nitrogens is 3. The van der Waals surface area contributed by atoms with Gasteiger partial charge in [0.1, 0.15) is 11.4 Å². The first-order chi connectivity index (χ1) is 11.7. The van der Waals surface area contributed by atoms with E-state index in [1.165, 1.54) is 24.2 Å². The average Bonchev–Trinajstić information content (AvgIpc) is 2.94. The number of carbonyl (C=O) groups is 1. The Morgan fingerprint density at radius 2 is 2.00 bits per heavy atom. The van der Waals surface area contributed by atoms with Crippen LogP contribution in [-0.4, -0.2) is 32.1 Å². The lowest BCUT2D eigenvalue weighted by atomic mass is 10.0. The van der Waals surface area contributed by atoms with E-state index in [-0.39, 0.29) is 30.8 Å². The first kappa shape index (κ1) is 17.3. The summed E-state index contributed by atoms with van der Waals surface area (Å²) in [5.74, 6) is -0.631. The Morgan fingerprint density at radius 3 is 2.64 bits per heavy atom. The third-order valence-electron chi connectivity index (χ3n) is 3.92. The first-order valence-electron chi connectivity index (χ1n) is 7.33. The minimum absolute atomic E-state index is 0.0108. The zero-order valence-corrected chi connectivity index (χ0v) is 13.0. The van der Waals surface area contributed by atoms with Gasteiger partial charge in [0.05, 0.1) is 5.56 Å². The smallest absolute Gasteiger partial charge is 0.334 e. The van der Waals surface area contributed by atoms with Crippen LogP contribution in [0.1, 0.15) is 39.4 Å².